The summed E-state index contributed by atoms with van der Waals surface area (Å²) >= 11 is 0. The second-order valence-electron chi connectivity index (χ2n) is 7.47. The molecule has 0 aliphatic carbocycles. The summed E-state index contributed by atoms with van der Waals surface area (Å²) in [5.74, 6) is 1.65. The normalized spacial score (nSPS) is 15.2. The molecule has 0 bridgehead atoms. The molecule has 0 atom stereocenters. The predicted molar refractivity (Wildman–Crippen MR) is 116 cm³/mol. The van der Waals surface area contributed by atoms with Crippen LogP contribution in [0.3, 0.4) is 0 Å². The lowest BCUT2D eigenvalue weighted by Gasteiger charge is -2.35. The van der Waals surface area contributed by atoms with Gasteiger partial charge in [-0.15, -0.1) is 0 Å². The van der Waals surface area contributed by atoms with E-state index in [2.05, 4.69) is 22.8 Å². The molecule has 1 amide bonds. The number of ether oxygens (including phenoxy) is 2. The van der Waals surface area contributed by atoms with Crippen molar-refractivity contribution in [1.82, 2.24) is 9.80 Å². The van der Waals surface area contributed by atoms with Crippen LogP contribution in [0.25, 0.3) is 0 Å². The lowest BCUT2D eigenvalue weighted by Crippen LogP contribution is -2.49. The minimum atomic E-state index is 0.125. The van der Waals surface area contributed by atoms with Crippen LogP contribution in [0.4, 0.5) is 5.69 Å². The molecule has 0 aromatic heterocycles. The Hall–Kier alpha value is -2.57. The third kappa shape index (κ3) is 5.28. The van der Waals surface area contributed by atoms with Crippen LogP contribution in [-0.4, -0.2) is 69.7 Å². The Balaban J connectivity index is 1.52. The number of anilines is 1. The van der Waals surface area contributed by atoms with E-state index in [9.17, 15) is 4.79 Å². The maximum atomic E-state index is 12.6. The van der Waals surface area contributed by atoms with Gasteiger partial charge >= 0.3 is 0 Å². The van der Waals surface area contributed by atoms with Crippen LogP contribution < -0.4 is 14.4 Å². The van der Waals surface area contributed by atoms with E-state index in [0.29, 0.717) is 6.54 Å². The molecule has 156 valence electrons. The molecule has 1 heterocycles. The fourth-order valence-corrected chi connectivity index (χ4v) is 3.63. The Morgan fingerprint density at radius 1 is 0.966 bits per heavy atom. The second-order valence-corrected chi connectivity index (χ2v) is 7.47. The van der Waals surface area contributed by atoms with Crippen LogP contribution in [0.2, 0.25) is 0 Å². The van der Waals surface area contributed by atoms with Crippen LogP contribution in [0.5, 0.6) is 11.5 Å². The van der Waals surface area contributed by atoms with E-state index < -0.39 is 0 Å². The fraction of sp³-hybridized carbons (Fsp3) is 0.435. The van der Waals surface area contributed by atoms with Gasteiger partial charge in [0.15, 0.2) is 11.5 Å². The molecule has 0 N–H and O–H groups in total. The molecule has 6 nitrogen and oxygen atoms in total. The van der Waals surface area contributed by atoms with Gasteiger partial charge < -0.3 is 14.4 Å². The molecule has 2 aromatic rings. The van der Waals surface area contributed by atoms with Gasteiger partial charge in [0, 0.05) is 45.5 Å². The minimum Gasteiger partial charge on any atom is -0.493 e. The maximum Gasteiger partial charge on any atom is 0.240 e. The van der Waals surface area contributed by atoms with Crippen molar-refractivity contribution in [3.05, 3.63) is 53.6 Å². The molecule has 0 saturated carbocycles. The second kappa shape index (κ2) is 9.76. The van der Waals surface area contributed by atoms with Gasteiger partial charge in [-0.05, 0) is 42.3 Å². The first-order valence-corrected chi connectivity index (χ1v) is 9.99. The van der Waals surface area contributed by atoms with Gasteiger partial charge in [0.1, 0.15) is 0 Å². The first-order valence-electron chi connectivity index (χ1n) is 9.99. The monoisotopic (exact) mass is 397 g/mol. The Morgan fingerprint density at radius 3 is 2.17 bits per heavy atom. The van der Waals surface area contributed by atoms with Gasteiger partial charge in [-0.2, -0.15) is 0 Å². The summed E-state index contributed by atoms with van der Waals surface area (Å²) in [5, 5.41) is 0. The van der Waals surface area contributed by atoms with Crippen molar-refractivity contribution in [2.75, 3.05) is 58.9 Å². The molecule has 2 aromatic carbocycles. The zero-order valence-corrected chi connectivity index (χ0v) is 17.9. The summed E-state index contributed by atoms with van der Waals surface area (Å²) in [4.78, 5) is 19.0. The summed E-state index contributed by atoms with van der Waals surface area (Å²) in [6.45, 7) is 7.09. The number of nitrogens with zero attached hydrogens (tertiary/aromatic N) is 3. The van der Waals surface area contributed by atoms with Gasteiger partial charge in [-0.25, -0.2) is 0 Å². The third-order valence-electron chi connectivity index (χ3n) is 5.58. The highest BCUT2D eigenvalue weighted by molar-refractivity contribution is 5.94. The number of carbonyl (C=O) groups is 1. The van der Waals surface area contributed by atoms with Crippen LogP contribution in [0, 0.1) is 6.92 Å². The molecular weight excluding hydrogens is 366 g/mol. The summed E-state index contributed by atoms with van der Waals surface area (Å²) in [6.07, 6.45) is 0. The minimum absolute atomic E-state index is 0.125. The molecule has 0 unspecified atom stereocenters. The molecule has 0 spiro atoms. The number of likely N-dealkylation sites (N-methyl/N-ethyl adjacent to an activating group) is 1. The molecule has 1 fully saturated rings. The Labute approximate surface area is 173 Å². The van der Waals surface area contributed by atoms with Gasteiger partial charge in [0.25, 0.3) is 0 Å². The van der Waals surface area contributed by atoms with Crippen molar-refractivity contribution in [1.29, 1.82) is 0 Å². The zero-order valence-electron chi connectivity index (χ0n) is 17.9. The highest BCUT2D eigenvalue weighted by Gasteiger charge is 2.22. The molecule has 29 heavy (non-hydrogen) atoms. The lowest BCUT2D eigenvalue weighted by atomic mass is 10.1. The smallest absolute Gasteiger partial charge is 0.240 e. The van der Waals surface area contributed by atoms with Crippen molar-refractivity contribution < 1.29 is 14.3 Å². The lowest BCUT2D eigenvalue weighted by molar-refractivity contribution is -0.119. The fourth-order valence-electron chi connectivity index (χ4n) is 3.63. The van der Waals surface area contributed by atoms with E-state index in [1.165, 1.54) is 11.1 Å². The van der Waals surface area contributed by atoms with E-state index >= 15 is 0 Å². The van der Waals surface area contributed by atoms with E-state index in [0.717, 1.165) is 49.9 Å². The van der Waals surface area contributed by atoms with Gasteiger partial charge in [0.2, 0.25) is 5.91 Å². The SMILES string of the molecule is COc1cc(C)c(CN2CCN(CC(=O)N(C)c3ccccc3)CC2)cc1OC. The van der Waals surface area contributed by atoms with E-state index in [1.807, 2.05) is 43.4 Å². The molecule has 1 saturated heterocycles. The van der Waals surface area contributed by atoms with Crippen molar-refractivity contribution in [3.8, 4) is 11.5 Å². The largest absolute Gasteiger partial charge is 0.493 e. The Kier molecular flexibility index (Phi) is 7.12. The van der Waals surface area contributed by atoms with Gasteiger partial charge in [-0.1, -0.05) is 18.2 Å². The van der Waals surface area contributed by atoms with Crippen LogP contribution >= 0.6 is 0 Å². The number of rotatable bonds is 7. The molecule has 0 radical (unpaired) electrons. The zero-order chi connectivity index (χ0) is 20.8. The van der Waals surface area contributed by atoms with Crippen molar-refractivity contribution in [2.45, 2.75) is 13.5 Å². The number of benzene rings is 2. The van der Waals surface area contributed by atoms with E-state index in [-0.39, 0.29) is 5.91 Å². The molecule has 1 aliphatic heterocycles. The highest BCUT2D eigenvalue weighted by Crippen LogP contribution is 2.31. The number of para-hydroxylation sites is 1. The van der Waals surface area contributed by atoms with Crippen molar-refractivity contribution in [3.63, 3.8) is 0 Å². The average molecular weight is 398 g/mol. The van der Waals surface area contributed by atoms with Crippen LogP contribution in [0.15, 0.2) is 42.5 Å². The summed E-state index contributed by atoms with van der Waals surface area (Å²) < 4.78 is 10.8. The molecule has 3 rings (SSSR count). The Morgan fingerprint density at radius 2 is 1.55 bits per heavy atom. The maximum absolute atomic E-state index is 12.6. The van der Waals surface area contributed by atoms with Gasteiger partial charge in [0.05, 0.1) is 20.8 Å². The van der Waals surface area contributed by atoms with Crippen molar-refractivity contribution in [2.24, 2.45) is 0 Å². The number of hydrogen-bond donors (Lipinski definition) is 0. The standard InChI is InChI=1S/C23H31N3O3/c1-18-14-21(28-3)22(29-4)15-19(18)16-25-10-12-26(13-11-25)17-23(27)24(2)20-8-6-5-7-9-20/h5-9,14-15H,10-13,16-17H2,1-4H3. The molecular formula is C23H31N3O3. The summed E-state index contributed by atoms with van der Waals surface area (Å²) in [5.41, 5.74) is 3.38. The number of hydrogen-bond acceptors (Lipinski definition) is 5. The Bertz CT molecular complexity index is 818. The number of methoxy groups -OCH3 is 2. The highest BCUT2D eigenvalue weighted by atomic mass is 16.5. The molecule has 6 heteroatoms. The number of amides is 1. The quantitative estimate of drug-likeness (QED) is 0.719. The topological polar surface area (TPSA) is 45.2 Å². The van der Waals surface area contributed by atoms with E-state index in [4.69, 9.17) is 9.47 Å². The first kappa shape index (κ1) is 21.1. The average Bonchev–Trinajstić information content (AvgIpc) is 2.76. The van der Waals surface area contributed by atoms with Crippen molar-refractivity contribution >= 4 is 11.6 Å². The van der Waals surface area contributed by atoms with Gasteiger partial charge in [-0.3, -0.25) is 14.6 Å². The number of aryl methyl sites for hydroxylation is 1. The van der Waals surface area contributed by atoms with E-state index in [1.54, 1.807) is 19.1 Å². The van der Waals surface area contributed by atoms with Crippen LogP contribution in [0.1, 0.15) is 11.1 Å². The van der Waals surface area contributed by atoms with Crippen LogP contribution in [-0.2, 0) is 11.3 Å². The number of piperazine rings is 1. The summed E-state index contributed by atoms with van der Waals surface area (Å²) in [7, 11) is 5.17. The number of carbonyl (C=O) groups excluding carboxylic acids is 1. The summed E-state index contributed by atoms with van der Waals surface area (Å²) in [6, 6.07) is 13.9. The first-order chi connectivity index (χ1) is 14.0. The predicted octanol–water partition coefficient (Wildman–Crippen LogP) is 2.79. The third-order valence-corrected chi connectivity index (χ3v) is 5.58. The molecule has 1 aliphatic rings.